The highest BCUT2D eigenvalue weighted by Crippen LogP contribution is 2.63. The maximum Gasteiger partial charge on any atom is 0.303 e. The van der Waals surface area contributed by atoms with Gasteiger partial charge in [-0.25, -0.2) is 0 Å². The minimum absolute atomic E-state index is 0.158. The number of esters is 1. The van der Waals surface area contributed by atoms with Gasteiger partial charge in [-0.05, 0) is 55.8 Å². The fourth-order valence-electron chi connectivity index (χ4n) is 5.80. The van der Waals surface area contributed by atoms with Crippen LogP contribution < -0.4 is 0 Å². The number of hydrogen-bond donors (Lipinski definition) is 0. The molecule has 1 unspecified atom stereocenters. The van der Waals surface area contributed by atoms with Crippen LogP contribution in [0, 0.1) is 22.7 Å². The van der Waals surface area contributed by atoms with Crippen molar-refractivity contribution in [2.24, 2.45) is 22.7 Å². The number of ether oxygens (including phenoxy) is 1. The van der Waals surface area contributed by atoms with Crippen LogP contribution in [0.4, 0.5) is 0 Å². The molecule has 0 radical (unpaired) electrons. The van der Waals surface area contributed by atoms with Gasteiger partial charge >= 0.3 is 5.97 Å². The SMILES string of the molecule is CC(=O)O[C@]1(C)CC[C@H]2C(C)(C)CCC[C@]2(C)C1CCCl. The van der Waals surface area contributed by atoms with Crippen LogP contribution in [-0.2, 0) is 9.53 Å². The molecule has 0 aromatic heterocycles. The molecule has 2 fully saturated rings. The van der Waals surface area contributed by atoms with Crippen LogP contribution >= 0.6 is 11.6 Å². The normalized spacial score (nSPS) is 42.2. The quantitative estimate of drug-likeness (QED) is 0.530. The Kier molecular flexibility index (Phi) is 4.69. The van der Waals surface area contributed by atoms with Crippen molar-refractivity contribution in [1.82, 2.24) is 0 Å². The van der Waals surface area contributed by atoms with Crippen LogP contribution in [0.3, 0.4) is 0 Å². The van der Waals surface area contributed by atoms with Crippen LogP contribution in [0.15, 0.2) is 0 Å². The molecule has 0 heterocycles. The van der Waals surface area contributed by atoms with Crippen molar-refractivity contribution in [1.29, 1.82) is 0 Å². The van der Waals surface area contributed by atoms with Gasteiger partial charge in [0.1, 0.15) is 5.60 Å². The van der Waals surface area contributed by atoms with Crippen molar-refractivity contribution >= 4 is 17.6 Å². The van der Waals surface area contributed by atoms with Crippen molar-refractivity contribution in [2.75, 3.05) is 5.88 Å². The Morgan fingerprint density at radius 1 is 1.19 bits per heavy atom. The Balaban J connectivity index is 2.38. The Morgan fingerprint density at radius 2 is 1.86 bits per heavy atom. The zero-order valence-corrected chi connectivity index (χ0v) is 15.1. The lowest BCUT2D eigenvalue weighted by Crippen LogP contribution is -2.58. The fraction of sp³-hybridized carbons (Fsp3) is 0.944. The molecule has 0 spiro atoms. The number of rotatable bonds is 3. The molecule has 0 amide bonds. The number of hydrogen-bond acceptors (Lipinski definition) is 2. The van der Waals surface area contributed by atoms with Crippen LogP contribution in [0.2, 0.25) is 0 Å². The van der Waals surface area contributed by atoms with E-state index in [4.69, 9.17) is 16.3 Å². The smallest absolute Gasteiger partial charge is 0.303 e. The van der Waals surface area contributed by atoms with E-state index >= 15 is 0 Å². The summed E-state index contributed by atoms with van der Waals surface area (Å²) < 4.78 is 5.83. The Hall–Kier alpha value is -0.240. The molecule has 122 valence electrons. The molecule has 2 nitrogen and oxygen atoms in total. The fourth-order valence-corrected chi connectivity index (χ4v) is 6.02. The van der Waals surface area contributed by atoms with E-state index in [9.17, 15) is 4.79 Å². The maximum atomic E-state index is 11.6. The second-order valence-electron chi connectivity index (χ2n) is 8.38. The van der Waals surface area contributed by atoms with E-state index in [1.54, 1.807) is 0 Å². The Labute approximate surface area is 135 Å². The van der Waals surface area contributed by atoms with Crippen LogP contribution in [-0.4, -0.2) is 17.5 Å². The van der Waals surface area contributed by atoms with Crippen molar-refractivity contribution in [3.8, 4) is 0 Å². The Bertz CT molecular complexity index is 406. The molecule has 2 saturated carbocycles. The molecule has 2 aliphatic rings. The molecule has 0 N–H and O–H groups in total. The highest BCUT2D eigenvalue weighted by molar-refractivity contribution is 6.17. The van der Waals surface area contributed by atoms with Crippen molar-refractivity contribution in [2.45, 2.75) is 78.7 Å². The third kappa shape index (κ3) is 2.98. The van der Waals surface area contributed by atoms with Gasteiger partial charge in [-0.15, -0.1) is 11.6 Å². The first-order valence-electron chi connectivity index (χ1n) is 8.41. The highest BCUT2D eigenvalue weighted by Gasteiger charge is 2.59. The van der Waals surface area contributed by atoms with Crippen LogP contribution in [0.1, 0.15) is 73.1 Å². The topological polar surface area (TPSA) is 26.3 Å². The molecule has 0 bridgehead atoms. The van der Waals surface area contributed by atoms with Gasteiger partial charge < -0.3 is 4.74 Å². The molecule has 0 aliphatic heterocycles. The molecule has 3 heteroatoms. The van der Waals surface area contributed by atoms with Gasteiger partial charge in [0, 0.05) is 18.7 Å². The third-order valence-corrected chi connectivity index (χ3v) is 6.73. The molecule has 0 aromatic rings. The van der Waals surface area contributed by atoms with E-state index in [0.717, 1.165) is 19.3 Å². The van der Waals surface area contributed by atoms with Gasteiger partial charge in [-0.3, -0.25) is 4.79 Å². The summed E-state index contributed by atoms with van der Waals surface area (Å²) in [6, 6.07) is 0. The van der Waals surface area contributed by atoms with Gasteiger partial charge in [0.25, 0.3) is 0 Å². The van der Waals surface area contributed by atoms with Crippen molar-refractivity contribution in [3.05, 3.63) is 0 Å². The lowest BCUT2D eigenvalue weighted by molar-refractivity contribution is -0.198. The molecular formula is C18H31ClO2. The van der Waals surface area contributed by atoms with Crippen LogP contribution in [0.5, 0.6) is 0 Å². The number of carbonyl (C=O) groups excluding carboxylic acids is 1. The molecule has 21 heavy (non-hydrogen) atoms. The van der Waals surface area contributed by atoms with Crippen molar-refractivity contribution in [3.63, 3.8) is 0 Å². The summed E-state index contributed by atoms with van der Waals surface area (Å²) >= 11 is 6.12. The zero-order valence-electron chi connectivity index (χ0n) is 14.3. The van der Waals surface area contributed by atoms with Gasteiger partial charge in [-0.1, -0.05) is 27.2 Å². The Morgan fingerprint density at radius 3 is 2.43 bits per heavy atom. The van der Waals surface area contributed by atoms with Gasteiger partial charge in [0.2, 0.25) is 0 Å². The van der Waals surface area contributed by atoms with Crippen molar-refractivity contribution < 1.29 is 9.53 Å². The predicted octanol–water partition coefficient (Wildman–Crippen LogP) is 5.18. The van der Waals surface area contributed by atoms with Gasteiger partial charge in [-0.2, -0.15) is 0 Å². The summed E-state index contributed by atoms with van der Waals surface area (Å²) in [5.74, 6) is 1.55. The maximum absolute atomic E-state index is 11.6. The van der Waals surface area contributed by atoms with Gasteiger partial charge in [0.15, 0.2) is 0 Å². The first kappa shape index (κ1) is 17.1. The average Bonchev–Trinajstić information content (AvgIpc) is 2.32. The summed E-state index contributed by atoms with van der Waals surface area (Å²) in [5.41, 5.74) is 0.271. The summed E-state index contributed by atoms with van der Waals surface area (Å²) in [4.78, 5) is 11.6. The van der Waals surface area contributed by atoms with E-state index in [1.165, 1.54) is 26.2 Å². The zero-order chi connectivity index (χ0) is 15.9. The largest absolute Gasteiger partial charge is 0.459 e. The summed E-state index contributed by atoms with van der Waals surface area (Å²) in [7, 11) is 0. The third-order valence-electron chi connectivity index (χ3n) is 6.51. The number of alkyl halides is 1. The number of carbonyl (C=O) groups is 1. The molecule has 2 aliphatic carbocycles. The summed E-state index contributed by atoms with van der Waals surface area (Å²) in [6.45, 7) is 10.9. The number of fused-ring (bicyclic) bond motifs is 1. The van der Waals surface area contributed by atoms with E-state index in [-0.39, 0.29) is 17.0 Å². The van der Waals surface area contributed by atoms with Crippen LogP contribution in [0.25, 0.3) is 0 Å². The predicted molar refractivity (Wildman–Crippen MR) is 87.5 cm³/mol. The monoisotopic (exact) mass is 314 g/mol. The lowest BCUT2D eigenvalue weighted by atomic mass is 9.45. The minimum Gasteiger partial charge on any atom is -0.459 e. The minimum atomic E-state index is -0.348. The standard InChI is InChI=1S/C18H31ClO2/c1-13(20)21-18(5)11-7-14-16(2,3)9-6-10-17(14,4)15(18)8-12-19/h14-15H,6-12H2,1-5H3/t14-,15?,17-,18+/m0/s1. The average molecular weight is 315 g/mol. The molecule has 4 atom stereocenters. The lowest BCUT2D eigenvalue weighted by Gasteiger charge is -2.61. The molecule has 0 aromatic carbocycles. The number of halogens is 1. The second-order valence-corrected chi connectivity index (χ2v) is 8.75. The van der Waals surface area contributed by atoms with E-state index in [2.05, 4.69) is 27.7 Å². The highest BCUT2D eigenvalue weighted by atomic mass is 35.5. The van der Waals surface area contributed by atoms with Gasteiger partial charge in [0.05, 0.1) is 0 Å². The molecule has 2 rings (SSSR count). The summed E-state index contributed by atoms with van der Waals surface area (Å²) in [6.07, 6.45) is 6.89. The second kappa shape index (κ2) is 5.76. The molecule has 0 saturated heterocycles. The summed E-state index contributed by atoms with van der Waals surface area (Å²) in [5, 5.41) is 0. The van der Waals surface area contributed by atoms with E-state index < -0.39 is 0 Å². The first-order valence-corrected chi connectivity index (χ1v) is 8.95. The molecular weight excluding hydrogens is 284 g/mol. The van der Waals surface area contributed by atoms with E-state index in [1.807, 2.05) is 0 Å². The van der Waals surface area contributed by atoms with E-state index in [0.29, 0.717) is 23.1 Å². The first-order chi connectivity index (χ1) is 9.66.